The van der Waals surface area contributed by atoms with Crippen molar-refractivity contribution in [3.63, 3.8) is 0 Å². The maximum Gasteiger partial charge on any atom is 0.124 e. The van der Waals surface area contributed by atoms with Crippen LogP contribution in [-0.4, -0.2) is 4.98 Å². The highest BCUT2D eigenvalue weighted by molar-refractivity contribution is 7.19. The molecule has 0 aliphatic heterocycles. The molecule has 0 radical (unpaired) electrons. The maximum atomic E-state index is 4.66. The predicted molar refractivity (Wildman–Crippen MR) is 70.5 cm³/mol. The van der Waals surface area contributed by atoms with Crippen LogP contribution in [0.4, 0.5) is 0 Å². The largest absolute Gasteiger partial charge is 0.236 e. The zero-order valence-corrected chi connectivity index (χ0v) is 10.00. The quantitative estimate of drug-likeness (QED) is 0.708. The Labute approximate surface area is 99.1 Å². The van der Waals surface area contributed by atoms with Gasteiger partial charge in [0.15, 0.2) is 0 Å². The van der Waals surface area contributed by atoms with Gasteiger partial charge in [0.25, 0.3) is 0 Å². The first kappa shape index (κ1) is 9.79. The monoisotopic (exact) mass is 227 g/mol. The van der Waals surface area contributed by atoms with Crippen LogP contribution in [0, 0.1) is 5.92 Å². The van der Waals surface area contributed by atoms with Crippen molar-refractivity contribution in [3.05, 3.63) is 47.5 Å². The van der Waals surface area contributed by atoms with Crippen molar-refractivity contribution in [1.29, 1.82) is 0 Å². The number of para-hydroxylation sites is 1. The molecule has 1 aliphatic carbocycles. The molecule has 1 aromatic carbocycles. The second kappa shape index (κ2) is 3.87. The third-order valence-corrected chi connectivity index (χ3v) is 3.94. The summed E-state index contributed by atoms with van der Waals surface area (Å²) in [7, 11) is 0. The molecule has 1 unspecified atom stereocenters. The van der Waals surface area contributed by atoms with Gasteiger partial charge < -0.3 is 0 Å². The zero-order valence-electron chi connectivity index (χ0n) is 9.18. The number of fused-ring (bicyclic) bond motifs is 1. The van der Waals surface area contributed by atoms with Gasteiger partial charge in [0.1, 0.15) is 5.01 Å². The van der Waals surface area contributed by atoms with Gasteiger partial charge >= 0.3 is 0 Å². The van der Waals surface area contributed by atoms with Crippen molar-refractivity contribution in [1.82, 2.24) is 4.98 Å². The molecule has 2 aromatic rings. The minimum Gasteiger partial charge on any atom is -0.236 e. The molecular formula is C14H13NS. The van der Waals surface area contributed by atoms with Gasteiger partial charge in [-0.05, 0) is 24.5 Å². The molecule has 1 nitrogen and oxygen atoms in total. The normalized spacial score (nSPS) is 20.1. The van der Waals surface area contributed by atoms with Gasteiger partial charge in [-0.2, -0.15) is 0 Å². The number of hydrogen-bond donors (Lipinski definition) is 0. The van der Waals surface area contributed by atoms with Crippen LogP contribution in [0.15, 0.2) is 42.5 Å². The summed E-state index contributed by atoms with van der Waals surface area (Å²) < 4.78 is 1.27. The van der Waals surface area contributed by atoms with Crippen LogP contribution < -0.4 is 0 Å². The SMILES string of the molecule is CC1C=CC(c2nc3ccccc3s2)=CC1. The van der Waals surface area contributed by atoms with Gasteiger partial charge in [-0.3, -0.25) is 0 Å². The van der Waals surface area contributed by atoms with Crippen LogP contribution in [-0.2, 0) is 0 Å². The highest BCUT2D eigenvalue weighted by Gasteiger charge is 2.09. The second-order valence-corrected chi connectivity index (χ2v) is 5.25. The second-order valence-electron chi connectivity index (χ2n) is 4.22. The van der Waals surface area contributed by atoms with Crippen molar-refractivity contribution >= 4 is 27.1 Å². The fourth-order valence-corrected chi connectivity index (χ4v) is 2.87. The summed E-state index contributed by atoms with van der Waals surface area (Å²) in [4.78, 5) is 4.66. The van der Waals surface area contributed by atoms with Gasteiger partial charge in [-0.1, -0.05) is 37.3 Å². The number of hydrogen-bond acceptors (Lipinski definition) is 2. The van der Waals surface area contributed by atoms with E-state index in [4.69, 9.17) is 0 Å². The Hall–Kier alpha value is -1.41. The third kappa shape index (κ3) is 1.69. The van der Waals surface area contributed by atoms with E-state index in [-0.39, 0.29) is 0 Å². The van der Waals surface area contributed by atoms with Crippen molar-refractivity contribution < 1.29 is 0 Å². The Kier molecular flexibility index (Phi) is 2.37. The topological polar surface area (TPSA) is 12.9 Å². The summed E-state index contributed by atoms with van der Waals surface area (Å²) >= 11 is 1.77. The van der Waals surface area contributed by atoms with Crippen LogP contribution in [0.1, 0.15) is 18.4 Å². The Morgan fingerprint density at radius 3 is 2.94 bits per heavy atom. The van der Waals surface area contributed by atoms with E-state index in [0.717, 1.165) is 16.9 Å². The molecule has 0 spiro atoms. The molecular weight excluding hydrogens is 214 g/mol. The summed E-state index contributed by atoms with van der Waals surface area (Å²) in [6.45, 7) is 2.24. The van der Waals surface area contributed by atoms with Crippen molar-refractivity contribution in [2.45, 2.75) is 13.3 Å². The smallest absolute Gasteiger partial charge is 0.124 e. The van der Waals surface area contributed by atoms with Crippen LogP contribution in [0.5, 0.6) is 0 Å². The maximum absolute atomic E-state index is 4.66. The number of rotatable bonds is 1. The highest BCUT2D eigenvalue weighted by atomic mass is 32.1. The van der Waals surface area contributed by atoms with E-state index < -0.39 is 0 Å². The van der Waals surface area contributed by atoms with Crippen molar-refractivity contribution in [2.24, 2.45) is 5.92 Å². The minimum absolute atomic E-state index is 0.665. The lowest BCUT2D eigenvalue weighted by molar-refractivity contribution is 0.739. The fraction of sp³-hybridized carbons (Fsp3) is 0.214. The van der Waals surface area contributed by atoms with E-state index in [0.29, 0.717) is 5.92 Å². The predicted octanol–water partition coefficient (Wildman–Crippen LogP) is 4.28. The standard InChI is InChI=1S/C14H13NS/c1-10-6-8-11(9-7-10)14-15-12-4-2-3-5-13(12)16-14/h2-6,8-10H,7H2,1H3. The molecule has 16 heavy (non-hydrogen) atoms. The van der Waals surface area contributed by atoms with E-state index in [1.807, 2.05) is 6.07 Å². The molecule has 0 fully saturated rings. The van der Waals surface area contributed by atoms with Gasteiger partial charge in [0, 0.05) is 5.57 Å². The average Bonchev–Trinajstić information content (AvgIpc) is 2.73. The number of nitrogens with zero attached hydrogens (tertiary/aromatic N) is 1. The fourth-order valence-electron chi connectivity index (χ4n) is 1.88. The Bertz CT molecular complexity index is 544. The van der Waals surface area contributed by atoms with Crippen LogP contribution in [0.2, 0.25) is 0 Å². The lowest BCUT2D eigenvalue weighted by atomic mass is 9.99. The molecule has 2 heteroatoms. The highest BCUT2D eigenvalue weighted by Crippen LogP contribution is 2.30. The van der Waals surface area contributed by atoms with Gasteiger partial charge in [0.05, 0.1) is 10.2 Å². The lowest BCUT2D eigenvalue weighted by Crippen LogP contribution is -1.93. The lowest BCUT2D eigenvalue weighted by Gasteiger charge is -2.09. The summed E-state index contributed by atoms with van der Waals surface area (Å²) in [5, 5.41) is 1.14. The van der Waals surface area contributed by atoms with Crippen LogP contribution in [0.25, 0.3) is 15.8 Å². The van der Waals surface area contributed by atoms with E-state index in [1.54, 1.807) is 11.3 Å². The van der Waals surface area contributed by atoms with E-state index in [9.17, 15) is 0 Å². The van der Waals surface area contributed by atoms with Crippen molar-refractivity contribution in [2.75, 3.05) is 0 Å². The summed E-state index contributed by atoms with van der Waals surface area (Å²) in [6.07, 6.45) is 7.89. The number of aromatic nitrogens is 1. The Morgan fingerprint density at radius 1 is 1.31 bits per heavy atom. The molecule has 0 bridgehead atoms. The van der Waals surface area contributed by atoms with E-state index >= 15 is 0 Å². The van der Waals surface area contributed by atoms with Gasteiger partial charge in [-0.25, -0.2) is 4.98 Å². The van der Waals surface area contributed by atoms with Crippen LogP contribution in [0.3, 0.4) is 0 Å². The molecule has 0 N–H and O–H groups in total. The molecule has 1 aromatic heterocycles. The molecule has 80 valence electrons. The summed E-state index contributed by atoms with van der Waals surface area (Å²) in [5.74, 6) is 0.665. The number of benzene rings is 1. The molecule has 0 amide bonds. The summed E-state index contributed by atoms with van der Waals surface area (Å²) in [5.41, 5.74) is 2.38. The van der Waals surface area contributed by atoms with Crippen molar-refractivity contribution in [3.8, 4) is 0 Å². The first-order valence-electron chi connectivity index (χ1n) is 5.57. The molecule has 0 saturated carbocycles. The van der Waals surface area contributed by atoms with Gasteiger partial charge in [0.2, 0.25) is 0 Å². The minimum atomic E-state index is 0.665. The molecule has 3 rings (SSSR count). The molecule has 1 atom stereocenters. The average molecular weight is 227 g/mol. The van der Waals surface area contributed by atoms with E-state index in [1.165, 1.54) is 10.3 Å². The van der Waals surface area contributed by atoms with E-state index in [2.05, 4.69) is 48.3 Å². The summed E-state index contributed by atoms with van der Waals surface area (Å²) in [6, 6.07) is 8.31. The molecule has 1 aliphatic rings. The Balaban J connectivity index is 2.04. The first-order chi connectivity index (χ1) is 7.83. The number of allylic oxidation sites excluding steroid dienone is 4. The molecule has 1 heterocycles. The van der Waals surface area contributed by atoms with Crippen LogP contribution >= 0.6 is 11.3 Å². The third-order valence-electron chi connectivity index (χ3n) is 2.85. The number of thiazole rings is 1. The first-order valence-corrected chi connectivity index (χ1v) is 6.39. The molecule has 0 saturated heterocycles. The zero-order chi connectivity index (χ0) is 11.0. The Morgan fingerprint density at radius 2 is 2.19 bits per heavy atom. The van der Waals surface area contributed by atoms with Gasteiger partial charge in [-0.15, -0.1) is 11.3 Å².